The summed E-state index contributed by atoms with van der Waals surface area (Å²) in [5, 5.41) is 6.15. The van der Waals surface area contributed by atoms with Gasteiger partial charge in [0.05, 0.1) is 11.7 Å². The molecule has 1 rings (SSSR count). The van der Waals surface area contributed by atoms with Crippen LogP contribution in [0.25, 0.3) is 0 Å². The van der Waals surface area contributed by atoms with Gasteiger partial charge in [-0.2, -0.15) is 0 Å². The van der Waals surface area contributed by atoms with Crippen molar-refractivity contribution in [1.29, 1.82) is 0 Å². The van der Waals surface area contributed by atoms with Crippen LogP contribution in [0.5, 0.6) is 5.75 Å². The molecule has 24 heavy (non-hydrogen) atoms. The molecule has 0 aromatic heterocycles. The third-order valence-corrected chi connectivity index (χ3v) is 4.08. The lowest BCUT2D eigenvalue weighted by molar-refractivity contribution is 0.0971. The molecule has 0 radical (unpaired) electrons. The number of nitrogens with one attached hydrogen (secondary N) is 2. The normalized spacial score (nSPS) is 10.5. The van der Waals surface area contributed by atoms with E-state index in [-0.39, 0.29) is 12.0 Å². The second kappa shape index (κ2) is 11.4. The number of hydrogen-bond donors (Lipinski definition) is 2. The molecule has 0 unspecified atom stereocenters. The van der Waals surface area contributed by atoms with E-state index in [4.69, 9.17) is 17.0 Å². The maximum atomic E-state index is 12.4. The summed E-state index contributed by atoms with van der Waals surface area (Å²) in [7, 11) is 0. The van der Waals surface area contributed by atoms with Gasteiger partial charge in [0, 0.05) is 11.0 Å². The zero-order chi connectivity index (χ0) is 17.9. The number of hydrogen-bond acceptors (Lipinski definition) is 3. The second-order valence-corrected chi connectivity index (χ2v) is 7.26. The van der Waals surface area contributed by atoms with Gasteiger partial charge in [0.2, 0.25) is 0 Å². The molecular weight excluding hydrogens is 388 g/mol. The van der Waals surface area contributed by atoms with Crippen molar-refractivity contribution < 1.29 is 9.53 Å². The maximum absolute atomic E-state index is 12.4. The van der Waals surface area contributed by atoms with Crippen LogP contribution in [-0.2, 0) is 0 Å². The van der Waals surface area contributed by atoms with Crippen LogP contribution >= 0.6 is 28.1 Å². The highest BCUT2D eigenvalue weighted by atomic mass is 79.9. The van der Waals surface area contributed by atoms with Crippen LogP contribution in [0.4, 0.5) is 0 Å². The van der Waals surface area contributed by atoms with E-state index >= 15 is 0 Å². The Bertz CT molecular complexity index is 550. The van der Waals surface area contributed by atoms with Crippen molar-refractivity contribution in [2.45, 2.75) is 59.0 Å². The standard InChI is InChI=1S/C18H27BrN2O2S/c1-4-5-6-7-8-11-20-18(24)21-17(22)15-12-14(19)9-10-16(15)23-13(2)3/h9-10,12-13H,4-8,11H2,1-3H3,(H2,20,21,22,24). The van der Waals surface area contributed by atoms with Crippen LogP contribution in [0.2, 0.25) is 0 Å². The number of benzene rings is 1. The lowest BCUT2D eigenvalue weighted by atomic mass is 10.1. The fourth-order valence-electron chi connectivity index (χ4n) is 2.18. The highest BCUT2D eigenvalue weighted by Gasteiger charge is 2.15. The molecule has 134 valence electrons. The van der Waals surface area contributed by atoms with Crippen LogP contribution in [0.1, 0.15) is 63.2 Å². The summed E-state index contributed by atoms with van der Waals surface area (Å²) in [6.45, 7) is 6.82. The number of ether oxygens (including phenoxy) is 1. The summed E-state index contributed by atoms with van der Waals surface area (Å²) in [5.41, 5.74) is 0.463. The second-order valence-electron chi connectivity index (χ2n) is 5.93. The van der Waals surface area contributed by atoms with E-state index in [1.165, 1.54) is 25.7 Å². The first kappa shape index (κ1) is 20.9. The Morgan fingerprint density at radius 3 is 2.62 bits per heavy atom. The highest BCUT2D eigenvalue weighted by molar-refractivity contribution is 9.10. The van der Waals surface area contributed by atoms with E-state index < -0.39 is 0 Å². The molecule has 0 heterocycles. The Balaban J connectivity index is 2.52. The Morgan fingerprint density at radius 1 is 1.25 bits per heavy atom. The summed E-state index contributed by atoms with van der Waals surface area (Å²) in [6.07, 6.45) is 5.96. The molecule has 4 nitrogen and oxygen atoms in total. The van der Waals surface area contributed by atoms with E-state index in [0.29, 0.717) is 16.4 Å². The largest absolute Gasteiger partial charge is 0.490 e. The minimum atomic E-state index is -0.268. The molecule has 1 aromatic carbocycles. The molecule has 0 fully saturated rings. The van der Waals surface area contributed by atoms with Gasteiger partial charge in [-0.25, -0.2) is 0 Å². The van der Waals surface area contributed by atoms with Crippen LogP contribution in [0, 0.1) is 0 Å². The van der Waals surface area contributed by atoms with Crippen molar-refractivity contribution in [2.24, 2.45) is 0 Å². The summed E-state index contributed by atoms with van der Waals surface area (Å²) >= 11 is 8.58. The topological polar surface area (TPSA) is 50.4 Å². The average Bonchev–Trinajstić information content (AvgIpc) is 2.52. The highest BCUT2D eigenvalue weighted by Crippen LogP contribution is 2.24. The Morgan fingerprint density at radius 2 is 1.96 bits per heavy atom. The van der Waals surface area contributed by atoms with Gasteiger partial charge in [-0.3, -0.25) is 10.1 Å². The zero-order valence-corrected chi connectivity index (χ0v) is 17.1. The molecule has 0 aliphatic carbocycles. The lowest BCUT2D eigenvalue weighted by Crippen LogP contribution is -2.39. The van der Waals surface area contributed by atoms with E-state index in [2.05, 4.69) is 33.5 Å². The fourth-order valence-corrected chi connectivity index (χ4v) is 2.74. The van der Waals surface area contributed by atoms with Crippen LogP contribution in [-0.4, -0.2) is 23.7 Å². The minimum absolute atomic E-state index is 0.00840. The van der Waals surface area contributed by atoms with Gasteiger partial charge in [0.25, 0.3) is 5.91 Å². The SMILES string of the molecule is CCCCCCCNC(=S)NC(=O)c1cc(Br)ccc1OC(C)C. The molecule has 6 heteroatoms. The molecule has 0 aliphatic heterocycles. The van der Waals surface area contributed by atoms with E-state index in [9.17, 15) is 4.79 Å². The summed E-state index contributed by atoms with van der Waals surface area (Å²) in [6, 6.07) is 5.37. The van der Waals surface area contributed by atoms with Crippen molar-refractivity contribution in [3.63, 3.8) is 0 Å². The monoisotopic (exact) mass is 414 g/mol. The quantitative estimate of drug-likeness (QED) is 0.449. The van der Waals surface area contributed by atoms with Crippen molar-refractivity contribution >= 4 is 39.2 Å². The third-order valence-electron chi connectivity index (χ3n) is 3.34. The maximum Gasteiger partial charge on any atom is 0.261 e. The van der Waals surface area contributed by atoms with Crippen molar-refractivity contribution in [1.82, 2.24) is 10.6 Å². The lowest BCUT2D eigenvalue weighted by Gasteiger charge is -2.15. The molecule has 2 N–H and O–H groups in total. The van der Waals surface area contributed by atoms with Gasteiger partial charge in [-0.1, -0.05) is 48.5 Å². The van der Waals surface area contributed by atoms with Gasteiger partial charge >= 0.3 is 0 Å². The van der Waals surface area contributed by atoms with Crippen LogP contribution < -0.4 is 15.4 Å². The molecule has 0 bridgehead atoms. The molecule has 0 spiro atoms. The first-order valence-corrected chi connectivity index (χ1v) is 9.69. The zero-order valence-electron chi connectivity index (χ0n) is 14.7. The fraction of sp³-hybridized carbons (Fsp3) is 0.556. The van der Waals surface area contributed by atoms with Crippen molar-refractivity contribution in [2.75, 3.05) is 6.54 Å². The summed E-state index contributed by atoms with van der Waals surface area (Å²) < 4.78 is 6.51. The smallest absolute Gasteiger partial charge is 0.261 e. The van der Waals surface area contributed by atoms with Crippen molar-refractivity contribution in [3.8, 4) is 5.75 Å². The number of carbonyl (C=O) groups excluding carboxylic acids is 1. The summed E-state index contributed by atoms with van der Waals surface area (Å²) in [5.74, 6) is 0.281. The first-order chi connectivity index (χ1) is 11.4. The molecule has 1 aromatic rings. The number of amides is 1. The first-order valence-electron chi connectivity index (χ1n) is 8.49. The molecule has 0 atom stereocenters. The van der Waals surface area contributed by atoms with Crippen LogP contribution in [0.3, 0.4) is 0 Å². The number of unbranched alkanes of at least 4 members (excludes halogenated alkanes) is 4. The minimum Gasteiger partial charge on any atom is -0.490 e. The summed E-state index contributed by atoms with van der Waals surface area (Å²) in [4.78, 5) is 12.4. The molecular formula is C18H27BrN2O2S. The Hall–Kier alpha value is -1.14. The Labute approximate surface area is 158 Å². The van der Waals surface area contributed by atoms with Gasteiger partial charge in [-0.05, 0) is 50.7 Å². The Kier molecular flexibility index (Phi) is 9.95. The van der Waals surface area contributed by atoms with Gasteiger partial charge in [0.1, 0.15) is 5.75 Å². The number of rotatable bonds is 9. The number of halogens is 1. The molecule has 0 saturated heterocycles. The van der Waals surface area contributed by atoms with Gasteiger partial charge < -0.3 is 10.1 Å². The predicted molar refractivity (Wildman–Crippen MR) is 107 cm³/mol. The third kappa shape index (κ3) is 8.11. The van der Waals surface area contributed by atoms with E-state index in [1.807, 2.05) is 19.9 Å². The van der Waals surface area contributed by atoms with Crippen LogP contribution in [0.15, 0.2) is 22.7 Å². The average molecular weight is 415 g/mol. The molecule has 1 amide bonds. The number of thiocarbonyl (C=S) groups is 1. The van der Waals surface area contributed by atoms with E-state index in [0.717, 1.165) is 17.4 Å². The van der Waals surface area contributed by atoms with Gasteiger partial charge in [0.15, 0.2) is 5.11 Å². The molecule has 0 aliphatic rings. The van der Waals surface area contributed by atoms with Gasteiger partial charge in [-0.15, -0.1) is 0 Å². The number of carbonyl (C=O) groups is 1. The predicted octanol–water partition coefficient (Wildman–Crippen LogP) is 4.81. The molecule has 0 saturated carbocycles. The van der Waals surface area contributed by atoms with Crippen molar-refractivity contribution in [3.05, 3.63) is 28.2 Å². The van der Waals surface area contributed by atoms with E-state index in [1.54, 1.807) is 12.1 Å².